The first-order valence-corrected chi connectivity index (χ1v) is 8.75. The standard InChI is InChI=1S/C22H21N3O/c1-16-9-8-12-18(22(16)26-2)21(15-17-10-4-3-5-11-17)25-20-14-7-6-13-19(20)23-24-25/h3-14,21H,15H2,1-2H3. The number of aryl methyl sites for hydroxylation is 1. The van der Waals surface area contributed by atoms with Crippen LogP contribution in [0.3, 0.4) is 0 Å². The summed E-state index contributed by atoms with van der Waals surface area (Å²) in [6.07, 6.45) is 0.813. The number of fused-ring (bicyclic) bond motifs is 1. The third-order valence-electron chi connectivity index (χ3n) is 4.75. The predicted octanol–water partition coefficient (Wildman–Crippen LogP) is 4.58. The first kappa shape index (κ1) is 16.3. The average molecular weight is 343 g/mol. The molecule has 0 N–H and O–H groups in total. The van der Waals surface area contributed by atoms with Crippen LogP contribution in [0.5, 0.6) is 5.75 Å². The summed E-state index contributed by atoms with van der Waals surface area (Å²) in [4.78, 5) is 0. The minimum atomic E-state index is -0.000324. The number of aromatic nitrogens is 3. The van der Waals surface area contributed by atoms with Crippen LogP contribution in [0.1, 0.15) is 22.7 Å². The van der Waals surface area contributed by atoms with Crippen molar-refractivity contribution >= 4 is 11.0 Å². The zero-order valence-corrected chi connectivity index (χ0v) is 15.0. The van der Waals surface area contributed by atoms with Crippen molar-refractivity contribution in [3.8, 4) is 5.75 Å². The predicted molar refractivity (Wildman–Crippen MR) is 104 cm³/mol. The first-order valence-electron chi connectivity index (χ1n) is 8.75. The highest BCUT2D eigenvalue weighted by Gasteiger charge is 2.22. The number of ether oxygens (including phenoxy) is 1. The minimum Gasteiger partial charge on any atom is -0.496 e. The maximum absolute atomic E-state index is 5.74. The largest absolute Gasteiger partial charge is 0.496 e. The molecule has 4 heteroatoms. The van der Waals surface area contributed by atoms with E-state index in [2.05, 4.69) is 65.8 Å². The third-order valence-corrected chi connectivity index (χ3v) is 4.75. The molecule has 0 aliphatic heterocycles. The van der Waals surface area contributed by atoms with Crippen molar-refractivity contribution in [2.45, 2.75) is 19.4 Å². The molecular formula is C22H21N3O. The molecule has 1 unspecified atom stereocenters. The summed E-state index contributed by atoms with van der Waals surface area (Å²) in [6.45, 7) is 2.07. The van der Waals surface area contributed by atoms with Gasteiger partial charge in [-0.1, -0.05) is 65.9 Å². The van der Waals surface area contributed by atoms with Gasteiger partial charge in [-0.3, -0.25) is 0 Å². The lowest BCUT2D eigenvalue weighted by Gasteiger charge is -2.22. The monoisotopic (exact) mass is 343 g/mol. The molecule has 0 aliphatic carbocycles. The summed E-state index contributed by atoms with van der Waals surface area (Å²) >= 11 is 0. The fraction of sp³-hybridized carbons (Fsp3) is 0.182. The van der Waals surface area contributed by atoms with Crippen LogP contribution in [-0.2, 0) is 6.42 Å². The molecule has 130 valence electrons. The molecule has 0 spiro atoms. The van der Waals surface area contributed by atoms with Crippen molar-refractivity contribution in [3.63, 3.8) is 0 Å². The second-order valence-corrected chi connectivity index (χ2v) is 6.43. The van der Waals surface area contributed by atoms with Crippen molar-refractivity contribution in [2.75, 3.05) is 7.11 Å². The molecule has 4 rings (SSSR count). The van der Waals surface area contributed by atoms with Gasteiger partial charge in [0.1, 0.15) is 11.3 Å². The molecule has 0 aliphatic rings. The molecule has 3 aromatic carbocycles. The Balaban J connectivity index is 1.89. The number of hydrogen-bond donors (Lipinski definition) is 0. The van der Waals surface area contributed by atoms with Crippen molar-refractivity contribution in [3.05, 3.63) is 89.5 Å². The number of benzene rings is 3. The van der Waals surface area contributed by atoms with Gasteiger partial charge >= 0.3 is 0 Å². The Morgan fingerprint density at radius 2 is 1.69 bits per heavy atom. The van der Waals surface area contributed by atoms with Crippen molar-refractivity contribution < 1.29 is 4.74 Å². The van der Waals surface area contributed by atoms with Crippen LogP contribution in [0.2, 0.25) is 0 Å². The normalized spacial score (nSPS) is 12.2. The molecule has 0 amide bonds. The van der Waals surface area contributed by atoms with Gasteiger partial charge in [0.25, 0.3) is 0 Å². The Labute approximate surface area is 153 Å². The molecule has 1 atom stereocenters. The molecule has 26 heavy (non-hydrogen) atoms. The molecule has 1 heterocycles. The van der Waals surface area contributed by atoms with E-state index in [0.717, 1.165) is 34.3 Å². The number of rotatable bonds is 5. The SMILES string of the molecule is COc1c(C)cccc1C(Cc1ccccc1)n1nnc2ccccc21. The maximum Gasteiger partial charge on any atom is 0.127 e. The second kappa shape index (κ2) is 7.00. The van der Waals surface area contributed by atoms with E-state index in [1.54, 1.807) is 7.11 Å². The van der Waals surface area contributed by atoms with E-state index in [1.165, 1.54) is 5.56 Å². The summed E-state index contributed by atoms with van der Waals surface area (Å²) < 4.78 is 7.76. The summed E-state index contributed by atoms with van der Waals surface area (Å²) in [5.41, 5.74) is 5.41. The zero-order chi connectivity index (χ0) is 17.9. The fourth-order valence-corrected chi connectivity index (χ4v) is 3.50. The lowest BCUT2D eigenvalue weighted by Crippen LogP contribution is -2.16. The van der Waals surface area contributed by atoms with Crippen LogP contribution in [-0.4, -0.2) is 22.1 Å². The third kappa shape index (κ3) is 2.94. The Morgan fingerprint density at radius 1 is 0.923 bits per heavy atom. The average Bonchev–Trinajstić information content (AvgIpc) is 3.11. The smallest absolute Gasteiger partial charge is 0.127 e. The van der Waals surface area contributed by atoms with Gasteiger partial charge in [0.2, 0.25) is 0 Å². The zero-order valence-electron chi connectivity index (χ0n) is 15.0. The molecular weight excluding hydrogens is 322 g/mol. The molecule has 4 aromatic rings. The molecule has 4 nitrogen and oxygen atoms in total. The molecule has 0 bridgehead atoms. The number of nitrogens with zero attached hydrogens (tertiary/aromatic N) is 3. The van der Waals surface area contributed by atoms with Gasteiger partial charge in [0, 0.05) is 5.56 Å². The summed E-state index contributed by atoms with van der Waals surface area (Å²) in [5.74, 6) is 0.910. The van der Waals surface area contributed by atoms with Crippen LogP contribution in [0, 0.1) is 6.92 Å². The molecule has 1 aromatic heterocycles. The van der Waals surface area contributed by atoms with E-state index in [4.69, 9.17) is 4.74 Å². The van der Waals surface area contributed by atoms with Crippen LogP contribution < -0.4 is 4.74 Å². The Kier molecular flexibility index (Phi) is 4.40. The number of para-hydroxylation sites is 2. The van der Waals surface area contributed by atoms with Gasteiger partial charge in [-0.05, 0) is 36.6 Å². The van der Waals surface area contributed by atoms with Gasteiger partial charge < -0.3 is 4.74 Å². The minimum absolute atomic E-state index is 0.000324. The van der Waals surface area contributed by atoms with E-state index in [0.29, 0.717) is 0 Å². The molecule has 0 saturated carbocycles. The second-order valence-electron chi connectivity index (χ2n) is 6.43. The van der Waals surface area contributed by atoms with Gasteiger partial charge in [-0.2, -0.15) is 0 Å². The van der Waals surface area contributed by atoms with E-state index < -0.39 is 0 Å². The van der Waals surface area contributed by atoms with E-state index in [1.807, 2.05) is 28.9 Å². The molecule has 0 radical (unpaired) electrons. The van der Waals surface area contributed by atoms with E-state index in [9.17, 15) is 0 Å². The van der Waals surface area contributed by atoms with Crippen molar-refractivity contribution in [1.29, 1.82) is 0 Å². The van der Waals surface area contributed by atoms with Crippen LogP contribution in [0.4, 0.5) is 0 Å². The highest BCUT2D eigenvalue weighted by atomic mass is 16.5. The summed E-state index contributed by atoms with van der Waals surface area (Å²) in [7, 11) is 1.73. The van der Waals surface area contributed by atoms with Crippen molar-refractivity contribution in [1.82, 2.24) is 15.0 Å². The summed E-state index contributed by atoms with van der Waals surface area (Å²) in [5, 5.41) is 8.84. The maximum atomic E-state index is 5.74. The first-order chi connectivity index (χ1) is 12.8. The molecule has 0 saturated heterocycles. The van der Waals surface area contributed by atoms with Gasteiger partial charge in [0.05, 0.1) is 18.7 Å². The Morgan fingerprint density at radius 3 is 2.50 bits per heavy atom. The van der Waals surface area contributed by atoms with Gasteiger partial charge in [-0.15, -0.1) is 5.10 Å². The topological polar surface area (TPSA) is 39.9 Å². The number of hydrogen-bond acceptors (Lipinski definition) is 3. The highest BCUT2D eigenvalue weighted by Crippen LogP contribution is 2.34. The van der Waals surface area contributed by atoms with E-state index in [-0.39, 0.29) is 6.04 Å². The Hall–Kier alpha value is -3.14. The highest BCUT2D eigenvalue weighted by molar-refractivity contribution is 5.74. The lowest BCUT2D eigenvalue weighted by molar-refractivity contribution is 0.394. The summed E-state index contributed by atoms with van der Waals surface area (Å²) in [6, 6.07) is 24.8. The van der Waals surface area contributed by atoms with Crippen LogP contribution in [0.25, 0.3) is 11.0 Å². The van der Waals surface area contributed by atoms with E-state index >= 15 is 0 Å². The van der Waals surface area contributed by atoms with Crippen LogP contribution >= 0.6 is 0 Å². The fourth-order valence-electron chi connectivity index (χ4n) is 3.50. The van der Waals surface area contributed by atoms with Gasteiger partial charge in [-0.25, -0.2) is 4.68 Å². The number of methoxy groups -OCH3 is 1. The Bertz CT molecular complexity index is 1020. The quantitative estimate of drug-likeness (QED) is 0.532. The van der Waals surface area contributed by atoms with Crippen LogP contribution in [0.15, 0.2) is 72.8 Å². The molecule has 0 fully saturated rings. The van der Waals surface area contributed by atoms with Gasteiger partial charge in [0.15, 0.2) is 0 Å². The van der Waals surface area contributed by atoms with Crippen molar-refractivity contribution in [2.24, 2.45) is 0 Å². The lowest BCUT2D eigenvalue weighted by atomic mass is 9.96.